The Hall–Kier alpha value is -1.82. The Morgan fingerprint density at radius 1 is 0.882 bits per heavy atom. The lowest BCUT2D eigenvalue weighted by Gasteiger charge is -2.00. The summed E-state index contributed by atoms with van der Waals surface area (Å²) in [6, 6.07) is 0. The summed E-state index contributed by atoms with van der Waals surface area (Å²) >= 11 is 0. The van der Waals surface area contributed by atoms with Gasteiger partial charge in [-0.3, -0.25) is 0 Å². The molecule has 0 spiro atoms. The van der Waals surface area contributed by atoms with Crippen LogP contribution in [-0.2, 0) is 0 Å². The molecule has 0 heteroatoms. The summed E-state index contributed by atoms with van der Waals surface area (Å²) in [5, 5.41) is 0. The summed E-state index contributed by atoms with van der Waals surface area (Å²) in [7, 11) is 0. The van der Waals surface area contributed by atoms with E-state index in [0.29, 0.717) is 0 Å². The molecular formula is C17H22. The highest BCUT2D eigenvalue weighted by atomic mass is 14.0. The minimum atomic E-state index is 0.890. The van der Waals surface area contributed by atoms with Crippen molar-refractivity contribution in [3.63, 3.8) is 0 Å². The van der Waals surface area contributed by atoms with Crippen LogP contribution >= 0.6 is 0 Å². The lowest BCUT2D eigenvalue weighted by Crippen LogP contribution is -1.80. The predicted molar refractivity (Wildman–Crippen MR) is 79.9 cm³/mol. The summed E-state index contributed by atoms with van der Waals surface area (Å²) in [6.45, 7) is 21.3. The fraction of sp³-hybridized carbons (Fsp3) is 0.176. The minimum Gasteiger partial charge on any atom is -0.103 e. The van der Waals surface area contributed by atoms with Gasteiger partial charge in [0.2, 0.25) is 0 Å². The van der Waals surface area contributed by atoms with E-state index in [1.54, 1.807) is 0 Å². The Morgan fingerprint density at radius 2 is 1.41 bits per heavy atom. The van der Waals surface area contributed by atoms with Crippen LogP contribution in [0.25, 0.3) is 0 Å². The van der Waals surface area contributed by atoms with Crippen LogP contribution in [0, 0.1) is 0 Å². The second-order valence-corrected chi connectivity index (χ2v) is 4.05. The highest BCUT2D eigenvalue weighted by Gasteiger charge is 1.92. The van der Waals surface area contributed by atoms with Gasteiger partial charge in [0.05, 0.1) is 0 Å². The van der Waals surface area contributed by atoms with Crippen LogP contribution in [0.1, 0.15) is 19.8 Å². The Kier molecular flexibility index (Phi) is 7.45. The maximum Gasteiger partial charge on any atom is -0.0250 e. The summed E-state index contributed by atoms with van der Waals surface area (Å²) in [5.41, 5.74) is 3.85. The van der Waals surface area contributed by atoms with Crippen molar-refractivity contribution in [3.8, 4) is 0 Å². The molecule has 0 unspecified atom stereocenters. The molecule has 17 heavy (non-hydrogen) atoms. The third-order valence-corrected chi connectivity index (χ3v) is 2.17. The molecule has 0 heterocycles. The van der Waals surface area contributed by atoms with Crippen LogP contribution in [0.15, 0.2) is 85.6 Å². The van der Waals surface area contributed by atoms with Crippen molar-refractivity contribution in [2.75, 3.05) is 0 Å². The average molecular weight is 226 g/mol. The van der Waals surface area contributed by atoms with Gasteiger partial charge in [-0.05, 0) is 30.9 Å². The summed E-state index contributed by atoms with van der Waals surface area (Å²) in [4.78, 5) is 0. The van der Waals surface area contributed by atoms with E-state index in [2.05, 4.69) is 32.9 Å². The molecule has 0 atom stereocenters. The van der Waals surface area contributed by atoms with Crippen LogP contribution < -0.4 is 0 Å². The molecule has 0 bridgehead atoms. The second kappa shape index (κ2) is 8.35. The third kappa shape index (κ3) is 8.04. The van der Waals surface area contributed by atoms with E-state index in [9.17, 15) is 0 Å². The van der Waals surface area contributed by atoms with Gasteiger partial charge in [0.25, 0.3) is 0 Å². The van der Waals surface area contributed by atoms with Gasteiger partial charge >= 0.3 is 0 Å². The zero-order valence-electron chi connectivity index (χ0n) is 10.8. The van der Waals surface area contributed by atoms with Crippen molar-refractivity contribution in [3.05, 3.63) is 85.6 Å². The van der Waals surface area contributed by atoms with E-state index in [1.807, 2.05) is 37.3 Å². The van der Waals surface area contributed by atoms with Gasteiger partial charge in [0.15, 0.2) is 0 Å². The SMILES string of the molecule is C=CCCC(=C)/C=C\C(=C)C(=C)/C=C\C(=C)C. The molecule has 0 saturated carbocycles. The zero-order chi connectivity index (χ0) is 13.3. The standard InChI is InChI=1S/C17H22/c1-7-8-9-15(4)11-13-17(6)16(5)12-10-14(2)3/h7,10-13H,1-2,4-6,8-9H2,3H3/b12-10-,13-11-. The van der Waals surface area contributed by atoms with Gasteiger partial charge in [-0.25, -0.2) is 0 Å². The number of rotatable bonds is 8. The van der Waals surface area contributed by atoms with Crippen LogP contribution in [0.3, 0.4) is 0 Å². The fourth-order valence-electron chi connectivity index (χ4n) is 1.05. The maximum absolute atomic E-state index is 3.96. The molecule has 0 saturated heterocycles. The Balaban J connectivity index is 4.29. The van der Waals surface area contributed by atoms with E-state index in [0.717, 1.165) is 35.1 Å². The molecule has 0 radical (unpaired) electrons. The van der Waals surface area contributed by atoms with E-state index < -0.39 is 0 Å². The first-order valence-corrected chi connectivity index (χ1v) is 5.66. The molecule has 90 valence electrons. The summed E-state index contributed by atoms with van der Waals surface area (Å²) < 4.78 is 0. The average Bonchev–Trinajstić information content (AvgIpc) is 2.29. The fourth-order valence-corrected chi connectivity index (χ4v) is 1.05. The Morgan fingerprint density at radius 3 is 1.88 bits per heavy atom. The maximum atomic E-state index is 3.96. The molecule has 0 aliphatic rings. The highest BCUT2D eigenvalue weighted by Crippen LogP contribution is 2.12. The lowest BCUT2D eigenvalue weighted by atomic mass is 10.1. The zero-order valence-corrected chi connectivity index (χ0v) is 10.8. The molecule has 0 aromatic rings. The Labute approximate surface area is 106 Å². The van der Waals surface area contributed by atoms with Gasteiger partial charge in [-0.15, -0.1) is 6.58 Å². The normalized spacial score (nSPS) is 10.6. The third-order valence-electron chi connectivity index (χ3n) is 2.17. The van der Waals surface area contributed by atoms with Crippen molar-refractivity contribution in [1.82, 2.24) is 0 Å². The van der Waals surface area contributed by atoms with E-state index in [4.69, 9.17) is 0 Å². The molecule has 0 nitrogen and oxygen atoms in total. The van der Waals surface area contributed by atoms with Gasteiger partial charge < -0.3 is 0 Å². The van der Waals surface area contributed by atoms with Crippen LogP contribution in [0.4, 0.5) is 0 Å². The molecule has 0 fully saturated rings. The van der Waals surface area contributed by atoms with Gasteiger partial charge in [-0.2, -0.15) is 0 Å². The van der Waals surface area contributed by atoms with Crippen molar-refractivity contribution in [1.29, 1.82) is 0 Å². The van der Waals surface area contributed by atoms with Crippen molar-refractivity contribution in [2.24, 2.45) is 0 Å². The smallest absolute Gasteiger partial charge is 0.0250 e. The van der Waals surface area contributed by atoms with Crippen molar-refractivity contribution < 1.29 is 0 Å². The molecule has 0 amide bonds. The highest BCUT2D eigenvalue weighted by molar-refractivity contribution is 5.45. The quantitative estimate of drug-likeness (QED) is 0.388. The molecule has 0 aromatic heterocycles. The first kappa shape index (κ1) is 15.2. The summed E-state index contributed by atoms with van der Waals surface area (Å²) in [6.07, 6.45) is 11.5. The molecular weight excluding hydrogens is 204 g/mol. The second-order valence-electron chi connectivity index (χ2n) is 4.05. The molecule has 0 N–H and O–H groups in total. The van der Waals surface area contributed by atoms with Gasteiger partial charge in [0, 0.05) is 0 Å². The largest absolute Gasteiger partial charge is 0.103 e. The number of hydrogen-bond acceptors (Lipinski definition) is 0. The van der Waals surface area contributed by atoms with E-state index in [1.165, 1.54) is 0 Å². The van der Waals surface area contributed by atoms with E-state index in [-0.39, 0.29) is 0 Å². The molecule has 0 aromatic carbocycles. The molecule has 0 aliphatic carbocycles. The van der Waals surface area contributed by atoms with Crippen LogP contribution in [-0.4, -0.2) is 0 Å². The molecule has 0 rings (SSSR count). The number of allylic oxidation sites excluding steroid dienone is 9. The monoisotopic (exact) mass is 226 g/mol. The van der Waals surface area contributed by atoms with Gasteiger partial charge in [0.1, 0.15) is 0 Å². The minimum absolute atomic E-state index is 0.890. The van der Waals surface area contributed by atoms with Crippen LogP contribution in [0.5, 0.6) is 0 Å². The first-order chi connectivity index (χ1) is 7.97. The summed E-state index contributed by atoms with van der Waals surface area (Å²) in [5.74, 6) is 0. The topological polar surface area (TPSA) is 0 Å². The van der Waals surface area contributed by atoms with E-state index >= 15 is 0 Å². The lowest BCUT2D eigenvalue weighted by molar-refractivity contribution is 1.01. The van der Waals surface area contributed by atoms with Crippen LogP contribution in [0.2, 0.25) is 0 Å². The van der Waals surface area contributed by atoms with Crippen molar-refractivity contribution in [2.45, 2.75) is 19.8 Å². The number of hydrogen-bond donors (Lipinski definition) is 0. The Bertz CT molecular complexity index is 386. The van der Waals surface area contributed by atoms with Gasteiger partial charge in [-0.1, -0.05) is 67.8 Å². The van der Waals surface area contributed by atoms with Crippen molar-refractivity contribution >= 4 is 0 Å². The molecule has 0 aliphatic heterocycles. The first-order valence-electron chi connectivity index (χ1n) is 5.66. The predicted octanol–water partition coefficient (Wildman–Crippen LogP) is 5.31.